The van der Waals surface area contributed by atoms with Gasteiger partial charge in [0.25, 0.3) is 5.91 Å². The van der Waals surface area contributed by atoms with Crippen LogP contribution in [0.4, 0.5) is 0 Å². The fourth-order valence-electron chi connectivity index (χ4n) is 4.26. The van der Waals surface area contributed by atoms with Crippen molar-refractivity contribution < 1.29 is 23.9 Å². The van der Waals surface area contributed by atoms with E-state index in [1.54, 1.807) is 47.3 Å². The van der Waals surface area contributed by atoms with Gasteiger partial charge in [0, 0.05) is 32.3 Å². The van der Waals surface area contributed by atoms with Gasteiger partial charge in [0.05, 0.1) is 13.1 Å². The first-order valence-corrected chi connectivity index (χ1v) is 11.8. The summed E-state index contributed by atoms with van der Waals surface area (Å²) < 4.78 is 11.9. The first kappa shape index (κ1) is 24.5. The Labute approximate surface area is 204 Å². The van der Waals surface area contributed by atoms with E-state index in [0.717, 1.165) is 0 Å². The maximum atomic E-state index is 13.2. The summed E-state index contributed by atoms with van der Waals surface area (Å²) >= 11 is 0. The van der Waals surface area contributed by atoms with Crippen molar-refractivity contribution in [2.45, 2.75) is 12.8 Å². The minimum absolute atomic E-state index is 0.0477. The lowest BCUT2D eigenvalue weighted by atomic mass is 9.96. The van der Waals surface area contributed by atoms with Gasteiger partial charge in [-0.15, -0.1) is 0 Å². The van der Waals surface area contributed by atoms with Gasteiger partial charge in [0.1, 0.15) is 12.2 Å². The van der Waals surface area contributed by atoms with Crippen LogP contribution in [0.25, 0.3) is 0 Å². The molecule has 4 rings (SSSR count). The van der Waals surface area contributed by atoms with Crippen molar-refractivity contribution in [2.24, 2.45) is 11.7 Å². The fraction of sp³-hybridized carbons (Fsp3) is 0.440. The van der Waals surface area contributed by atoms with E-state index in [0.29, 0.717) is 62.6 Å². The number of piperidine rings is 1. The molecule has 0 aliphatic carbocycles. The Balaban J connectivity index is 1.50. The Morgan fingerprint density at radius 2 is 1.77 bits per heavy atom. The summed E-state index contributed by atoms with van der Waals surface area (Å²) in [4.78, 5) is 47.4. The fourth-order valence-corrected chi connectivity index (χ4v) is 4.26. The predicted octanol–water partition coefficient (Wildman–Crippen LogP) is 1.36. The molecule has 2 aliphatic rings. The van der Waals surface area contributed by atoms with Crippen molar-refractivity contribution in [1.82, 2.24) is 19.7 Å². The van der Waals surface area contributed by atoms with Crippen molar-refractivity contribution in [1.29, 1.82) is 0 Å². The highest BCUT2D eigenvalue weighted by Crippen LogP contribution is 2.32. The lowest BCUT2D eigenvalue weighted by Gasteiger charge is -2.32. The second-order valence-corrected chi connectivity index (χ2v) is 8.81. The number of fused-ring (bicyclic) bond motifs is 2. The number of carbonyl (C=O) groups excluding carboxylic acids is 3. The molecule has 0 spiro atoms. The topological polar surface area (TPSA) is 118 Å². The van der Waals surface area contributed by atoms with Gasteiger partial charge in [-0.3, -0.25) is 19.3 Å². The van der Waals surface area contributed by atoms with Crippen LogP contribution in [0.2, 0.25) is 0 Å². The van der Waals surface area contributed by atoms with Gasteiger partial charge in [-0.05, 0) is 50.2 Å². The highest BCUT2D eigenvalue weighted by Gasteiger charge is 2.27. The molecule has 2 N–H and O–H groups in total. The van der Waals surface area contributed by atoms with E-state index in [1.807, 2.05) is 17.0 Å². The first-order chi connectivity index (χ1) is 16.9. The quantitative estimate of drug-likeness (QED) is 0.703. The zero-order chi connectivity index (χ0) is 24.8. The van der Waals surface area contributed by atoms with Crippen molar-refractivity contribution >= 4 is 17.7 Å². The molecule has 0 radical (unpaired) electrons. The van der Waals surface area contributed by atoms with Gasteiger partial charge in [-0.25, -0.2) is 4.98 Å². The Kier molecular flexibility index (Phi) is 7.81. The standard InChI is InChI=1S/C25H31N5O5/c1-28-13-14-30(22(31)17-29-11-8-18(9-12-29)23(26)32)15-16-34-20-6-2-3-7-21(20)35-24-19(25(28)33)5-4-10-27-24/h2-7,10,18H,8-9,11-17H2,1H3,(H2,26,32). The number of pyridine rings is 1. The maximum Gasteiger partial charge on any atom is 0.259 e. The van der Waals surface area contributed by atoms with E-state index >= 15 is 0 Å². The molecule has 2 aliphatic heterocycles. The number of rotatable bonds is 3. The maximum absolute atomic E-state index is 13.2. The molecule has 10 nitrogen and oxygen atoms in total. The number of likely N-dealkylation sites (N-methyl/N-ethyl adjacent to an activating group) is 1. The second kappa shape index (κ2) is 11.2. The summed E-state index contributed by atoms with van der Waals surface area (Å²) in [5.74, 6) is 0.454. The third-order valence-electron chi connectivity index (χ3n) is 6.43. The average Bonchev–Trinajstić information content (AvgIpc) is 2.87. The van der Waals surface area contributed by atoms with Gasteiger partial charge in [-0.1, -0.05) is 12.1 Å². The van der Waals surface area contributed by atoms with E-state index in [9.17, 15) is 14.4 Å². The number of nitrogens with two attached hydrogens (primary N) is 1. The molecule has 186 valence electrons. The molecule has 1 saturated heterocycles. The third kappa shape index (κ3) is 6.07. The molecule has 2 aromatic rings. The van der Waals surface area contributed by atoms with Gasteiger partial charge in [0.2, 0.25) is 17.7 Å². The molecule has 1 aromatic heterocycles. The molecule has 0 atom stereocenters. The van der Waals surface area contributed by atoms with Crippen molar-refractivity contribution in [3.63, 3.8) is 0 Å². The van der Waals surface area contributed by atoms with Crippen molar-refractivity contribution in [3.05, 3.63) is 48.2 Å². The highest BCUT2D eigenvalue weighted by molar-refractivity contribution is 5.96. The largest absolute Gasteiger partial charge is 0.488 e. The molecule has 0 saturated carbocycles. The monoisotopic (exact) mass is 481 g/mol. The lowest BCUT2D eigenvalue weighted by molar-refractivity contribution is -0.133. The number of aromatic nitrogens is 1. The summed E-state index contributed by atoms with van der Waals surface area (Å²) in [5.41, 5.74) is 5.75. The van der Waals surface area contributed by atoms with E-state index in [4.69, 9.17) is 15.2 Å². The van der Waals surface area contributed by atoms with E-state index in [-0.39, 0.29) is 42.7 Å². The second-order valence-electron chi connectivity index (χ2n) is 8.81. The molecule has 1 aromatic carbocycles. The van der Waals surface area contributed by atoms with E-state index in [2.05, 4.69) is 4.98 Å². The number of primary amides is 1. The minimum Gasteiger partial charge on any atom is -0.488 e. The highest BCUT2D eigenvalue weighted by atomic mass is 16.5. The number of hydrogen-bond acceptors (Lipinski definition) is 7. The normalized spacial score (nSPS) is 18.1. The number of ether oxygens (including phenoxy) is 2. The number of carbonyl (C=O) groups is 3. The SMILES string of the molecule is CN1CCN(C(=O)CN2CCC(C(N)=O)CC2)CCOc2ccccc2Oc2ncccc2C1=O. The summed E-state index contributed by atoms with van der Waals surface area (Å²) in [6.07, 6.45) is 2.89. The molecule has 3 heterocycles. The summed E-state index contributed by atoms with van der Waals surface area (Å²) in [7, 11) is 1.69. The molecule has 35 heavy (non-hydrogen) atoms. The summed E-state index contributed by atoms with van der Waals surface area (Å²) in [5, 5.41) is 0. The average molecular weight is 482 g/mol. The van der Waals surface area contributed by atoms with Crippen molar-refractivity contribution in [3.8, 4) is 17.4 Å². The number of hydrogen-bond donors (Lipinski definition) is 1. The number of benzene rings is 1. The number of nitrogens with zero attached hydrogens (tertiary/aromatic N) is 4. The van der Waals surface area contributed by atoms with Crippen LogP contribution >= 0.6 is 0 Å². The van der Waals surface area contributed by atoms with Crippen LogP contribution in [-0.4, -0.2) is 90.3 Å². The zero-order valence-electron chi connectivity index (χ0n) is 19.9. The Hall–Kier alpha value is -3.66. The summed E-state index contributed by atoms with van der Waals surface area (Å²) in [6, 6.07) is 10.5. The van der Waals surface area contributed by atoms with E-state index in [1.165, 1.54) is 0 Å². The molecule has 1 fully saturated rings. The third-order valence-corrected chi connectivity index (χ3v) is 6.43. The van der Waals surface area contributed by atoms with Gasteiger partial charge >= 0.3 is 0 Å². The van der Waals surface area contributed by atoms with E-state index < -0.39 is 0 Å². The molecule has 3 amide bonds. The molecule has 0 unspecified atom stereocenters. The van der Waals surface area contributed by atoms with Gasteiger partial charge in [0.15, 0.2) is 11.5 Å². The van der Waals surface area contributed by atoms with Crippen LogP contribution in [0, 0.1) is 5.92 Å². The molecular weight excluding hydrogens is 450 g/mol. The molecule has 0 bridgehead atoms. The van der Waals surface area contributed by atoms with Crippen molar-refractivity contribution in [2.75, 3.05) is 52.9 Å². The van der Waals surface area contributed by atoms with Crippen LogP contribution in [0.3, 0.4) is 0 Å². The Morgan fingerprint density at radius 1 is 1.03 bits per heavy atom. The molecule has 10 heteroatoms. The Bertz CT molecular complexity index is 1070. The van der Waals surface area contributed by atoms with Gasteiger partial charge < -0.3 is 25.0 Å². The predicted molar refractivity (Wildman–Crippen MR) is 128 cm³/mol. The smallest absolute Gasteiger partial charge is 0.259 e. The lowest BCUT2D eigenvalue weighted by Crippen LogP contribution is -2.47. The zero-order valence-corrected chi connectivity index (χ0v) is 19.9. The minimum atomic E-state index is -0.277. The van der Waals surface area contributed by atoms with Crippen LogP contribution in [0.1, 0.15) is 23.2 Å². The number of likely N-dealkylation sites (tertiary alicyclic amines) is 1. The van der Waals surface area contributed by atoms with Crippen LogP contribution in [-0.2, 0) is 9.59 Å². The van der Waals surface area contributed by atoms with Crippen LogP contribution in [0.15, 0.2) is 42.6 Å². The van der Waals surface area contributed by atoms with Crippen LogP contribution < -0.4 is 15.2 Å². The number of para-hydroxylation sites is 2. The summed E-state index contributed by atoms with van der Waals surface area (Å²) in [6.45, 7) is 2.87. The number of amides is 3. The first-order valence-electron chi connectivity index (χ1n) is 11.8. The van der Waals surface area contributed by atoms with Crippen LogP contribution in [0.5, 0.6) is 17.4 Å². The van der Waals surface area contributed by atoms with Gasteiger partial charge in [-0.2, -0.15) is 0 Å². The molecular formula is C25H31N5O5. The Morgan fingerprint density at radius 3 is 2.51 bits per heavy atom.